The summed E-state index contributed by atoms with van der Waals surface area (Å²) < 4.78 is 6.34. The molecule has 2 nitrogen and oxygen atoms in total. The van der Waals surface area contributed by atoms with Crippen LogP contribution in [0.1, 0.15) is 56.3 Å². The normalized spacial score (nSPS) is 35.1. The fraction of sp³-hybridized carbons (Fsp3) is 0.625. The van der Waals surface area contributed by atoms with Gasteiger partial charge in [-0.25, -0.2) is 0 Å². The Kier molecular flexibility index (Phi) is 2.86. The van der Waals surface area contributed by atoms with Crippen molar-refractivity contribution < 1.29 is 9.84 Å². The zero-order valence-corrected chi connectivity index (χ0v) is 11.3. The Morgan fingerprint density at radius 2 is 2.17 bits per heavy atom. The van der Waals surface area contributed by atoms with Gasteiger partial charge in [0.15, 0.2) is 0 Å². The van der Waals surface area contributed by atoms with Gasteiger partial charge in [0.1, 0.15) is 11.4 Å². The van der Waals surface area contributed by atoms with Crippen LogP contribution in [0.3, 0.4) is 0 Å². The lowest BCUT2D eigenvalue weighted by atomic mass is 9.71. The molecule has 2 aliphatic rings. The first-order chi connectivity index (χ1) is 8.61. The number of rotatable bonds is 0. The molecule has 2 heteroatoms. The maximum absolute atomic E-state index is 10.4. The Labute approximate surface area is 109 Å². The van der Waals surface area contributed by atoms with Crippen molar-refractivity contribution in [2.75, 3.05) is 0 Å². The number of hydrogen-bond acceptors (Lipinski definition) is 2. The van der Waals surface area contributed by atoms with E-state index in [0.717, 1.165) is 24.2 Å². The number of aliphatic hydroxyl groups excluding tert-OH is 1. The molecule has 1 heterocycles. The molecule has 3 rings (SSSR count). The smallest absolute Gasteiger partial charge is 0.125 e. The zero-order valence-electron chi connectivity index (χ0n) is 11.3. The quantitative estimate of drug-likeness (QED) is 0.755. The molecule has 0 amide bonds. The van der Waals surface area contributed by atoms with E-state index in [1.165, 1.54) is 24.8 Å². The second-order valence-corrected chi connectivity index (χ2v) is 6.07. The number of benzene rings is 1. The van der Waals surface area contributed by atoms with E-state index in [2.05, 4.69) is 26.0 Å². The van der Waals surface area contributed by atoms with Crippen LogP contribution >= 0.6 is 0 Å². The van der Waals surface area contributed by atoms with E-state index in [1.54, 1.807) is 0 Å². The number of hydrogen-bond donors (Lipinski definition) is 1. The summed E-state index contributed by atoms with van der Waals surface area (Å²) in [6.07, 6.45) is 5.20. The third kappa shape index (κ3) is 1.83. The highest BCUT2D eigenvalue weighted by molar-refractivity contribution is 5.41. The van der Waals surface area contributed by atoms with Crippen molar-refractivity contribution in [2.24, 2.45) is 5.92 Å². The Hall–Kier alpha value is -1.02. The minimum absolute atomic E-state index is 0.125. The van der Waals surface area contributed by atoms with Crippen molar-refractivity contribution in [3.63, 3.8) is 0 Å². The highest BCUT2D eigenvalue weighted by atomic mass is 16.5. The molecule has 3 unspecified atom stereocenters. The van der Waals surface area contributed by atoms with Crippen molar-refractivity contribution in [2.45, 2.75) is 57.7 Å². The summed E-state index contributed by atoms with van der Waals surface area (Å²) >= 11 is 0. The number of aryl methyl sites for hydroxylation is 1. The van der Waals surface area contributed by atoms with Crippen molar-refractivity contribution >= 4 is 0 Å². The van der Waals surface area contributed by atoms with Crippen LogP contribution in [-0.2, 0) is 0 Å². The molecular weight excluding hydrogens is 224 g/mol. The van der Waals surface area contributed by atoms with Gasteiger partial charge in [-0.15, -0.1) is 0 Å². The van der Waals surface area contributed by atoms with Crippen LogP contribution in [0.5, 0.6) is 5.75 Å². The number of ether oxygens (including phenoxy) is 1. The topological polar surface area (TPSA) is 29.5 Å². The van der Waals surface area contributed by atoms with Gasteiger partial charge in [0.05, 0.1) is 6.10 Å². The maximum Gasteiger partial charge on any atom is 0.125 e. The van der Waals surface area contributed by atoms with Gasteiger partial charge >= 0.3 is 0 Å². The SMILES string of the molecule is Cc1ccc2c(c1)C(O)CC1(CCCCC1C)O2. The average Bonchev–Trinajstić information content (AvgIpc) is 2.34. The lowest BCUT2D eigenvalue weighted by Gasteiger charge is -2.47. The minimum atomic E-state index is -0.366. The molecule has 1 aromatic carbocycles. The fourth-order valence-electron chi connectivity index (χ4n) is 3.56. The summed E-state index contributed by atoms with van der Waals surface area (Å²) in [5.74, 6) is 1.43. The molecule has 1 aliphatic carbocycles. The van der Waals surface area contributed by atoms with E-state index in [4.69, 9.17) is 4.74 Å². The van der Waals surface area contributed by atoms with Crippen LogP contribution in [0.2, 0.25) is 0 Å². The van der Waals surface area contributed by atoms with E-state index in [0.29, 0.717) is 5.92 Å². The Bertz CT molecular complexity index is 454. The maximum atomic E-state index is 10.4. The molecule has 0 bridgehead atoms. The van der Waals surface area contributed by atoms with Gasteiger partial charge in [0.25, 0.3) is 0 Å². The second-order valence-electron chi connectivity index (χ2n) is 6.07. The Morgan fingerprint density at radius 1 is 1.33 bits per heavy atom. The van der Waals surface area contributed by atoms with Gasteiger partial charge in [-0.3, -0.25) is 0 Å². The lowest BCUT2D eigenvalue weighted by Crippen LogP contribution is -2.48. The molecule has 0 radical (unpaired) electrons. The molecule has 0 aromatic heterocycles. The number of aliphatic hydroxyl groups is 1. The van der Waals surface area contributed by atoms with Crippen LogP contribution in [0, 0.1) is 12.8 Å². The summed E-state index contributed by atoms with van der Waals surface area (Å²) in [6.45, 7) is 4.33. The molecule has 1 fully saturated rings. The van der Waals surface area contributed by atoms with Crippen LogP contribution in [-0.4, -0.2) is 10.7 Å². The van der Waals surface area contributed by atoms with Crippen molar-refractivity contribution in [3.05, 3.63) is 29.3 Å². The first kappa shape index (κ1) is 12.0. The van der Waals surface area contributed by atoms with Gasteiger partial charge in [-0.1, -0.05) is 25.0 Å². The molecule has 1 spiro atoms. The molecule has 1 N–H and O–H groups in total. The summed E-state index contributed by atoms with van der Waals surface area (Å²) in [5.41, 5.74) is 2.03. The van der Waals surface area contributed by atoms with Crippen LogP contribution in [0.4, 0.5) is 0 Å². The summed E-state index contributed by atoms with van der Waals surface area (Å²) in [7, 11) is 0. The van der Waals surface area contributed by atoms with Crippen molar-refractivity contribution in [1.29, 1.82) is 0 Å². The van der Waals surface area contributed by atoms with E-state index in [1.807, 2.05) is 6.07 Å². The molecule has 1 saturated carbocycles. The second kappa shape index (κ2) is 4.27. The first-order valence-corrected chi connectivity index (χ1v) is 7.08. The molecule has 18 heavy (non-hydrogen) atoms. The van der Waals surface area contributed by atoms with E-state index < -0.39 is 0 Å². The lowest BCUT2D eigenvalue weighted by molar-refractivity contribution is -0.0717. The highest BCUT2D eigenvalue weighted by Gasteiger charge is 2.45. The Balaban J connectivity index is 1.98. The van der Waals surface area contributed by atoms with Gasteiger partial charge in [0, 0.05) is 12.0 Å². The minimum Gasteiger partial charge on any atom is -0.487 e. The van der Waals surface area contributed by atoms with E-state index in [9.17, 15) is 5.11 Å². The largest absolute Gasteiger partial charge is 0.487 e. The van der Waals surface area contributed by atoms with Gasteiger partial charge < -0.3 is 9.84 Å². The standard InChI is InChI=1S/C16H22O2/c1-11-6-7-15-13(9-11)14(17)10-16(18-15)8-4-3-5-12(16)2/h6-7,9,12,14,17H,3-5,8,10H2,1-2H3. The molecule has 1 aromatic rings. The number of fused-ring (bicyclic) bond motifs is 1. The molecule has 0 saturated heterocycles. The van der Waals surface area contributed by atoms with Gasteiger partial charge in [0.2, 0.25) is 0 Å². The Morgan fingerprint density at radius 3 is 2.94 bits per heavy atom. The summed E-state index contributed by atoms with van der Waals surface area (Å²) in [6, 6.07) is 6.15. The summed E-state index contributed by atoms with van der Waals surface area (Å²) in [5, 5.41) is 10.4. The van der Waals surface area contributed by atoms with Gasteiger partial charge in [-0.2, -0.15) is 0 Å². The zero-order chi connectivity index (χ0) is 12.8. The predicted molar refractivity (Wildman–Crippen MR) is 71.7 cm³/mol. The fourth-order valence-corrected chi connectivity index (χ4v) is 3.56. The first-order valence-electron chi connectivity index (χ1n) is 7.08. The van der Waals surface area contributed by atoms with Crippen molar-refractivity contribution in [1.82, 2.24) is 0 Å². The van der Waals surface area contributed by atoms with Crippen LogP contribution < -0.4 is 4.74 Å². The third-order valence-electron chi connectivity index (χ3n) is 4.76. The molecular formula is C16H22O2. The van der Waals surface area contributed by atoms with Gasteiger partial charge in [-0.05, 0) is 44.2 Å². The molecule has 1 aliphatic heterocycles. The van der Waals surface area contributed by atoms with E-state index in [-0.39, 0.29) is 11.7 Å². The monoisotopic (exact) mass is 246 g/mol. The molecule has 98 valence electrons. The highest BCUT2D eigenvalue weighted by Crippen LogP contribution is 2.48. The van der Waals surface area contributed by atoms with Crippen LogP contribution in [0.25, 0.3) is 0 Å². The summed E-state index contributed by atoms with van der Waals surface area (Å²) in [4.78, 5) is 0. The average molecular weight is 246 g/mol. The van der Waals surface area contributed by atoms with E-state index >= 15 is 0 Å². The third-order valence-corrected chi connectivity index (χ3v) is 4.76. The van der Waals surface area contributed by atoms with Crippen molar-refractivity contribution in [3.8, 4) is 5.75 Å². The predicted octanol–water partition coefficient (Wildman–Crippen LogP) is 3.76. The molecule has 3 atom stereocenters. The van der Waals surface area contributed by atoms with Crippen LogP contribution in [0.15, 0.2) is 18.2 Å².